The van der Waals surface area contributed by atoms with Crippen molar-refractivity contribution in [1.29, 1.82) is 0 Å². The van der Waals surface area contributed by atoms with Gasteiger partial charge in [-0.05, 0) is 35.9 Å². The van der Waals surface area contributed by atoms with Crippen molar-refractivity contribution < 1.29 is 48.6 Å². The summed E-state index contributed by atoms with van der Waals surface area (Å²) in [4.78, 5) is 10.8. The summed E-state index contributed by atoms with van der Waals surface area (Å²) in [7, 11) is 0. The molecule has 4 nitrogen and oxygen atoms in total. The molecule has 0 unspecified atom stereocenters. The summed E-state index contributed by atoms with van der Waals surface area (Å²) >= 11 is 6.08. The fraction of sp³-hybridized carbons (Fsp3) is 0.150. The van der Waals surface area contributed by atoms with Crippen LogP contribution in [0.1, 0.15) is 27.4 Å². The molecule has 0 N–H and O–H groups in total. The zero-order valence-electron chi connectivity index (χ0n) is 14.4. The van der Waals surface area contributed by atoms with Gasteiger partial charge in [0.25, 0.3) is 0 Å². The van der Waals surface area contributed by atoms with Crippen LogP contribution in [-0.4, -0.2) is 12.6 Å². The zero-order valence-corrected chi connectivity index (χ0v) is 17.2. The minimum absolute atomic E-state index is 0. The third kappa shape index (κ3) is 5.64. The number of hydrogen-bond donors (Lipinski definition) is 0. The molecule has 1 heterocycles. The Morgan fingerprint density at radius 3 is 2.54 bits per heavy atom. The molecule has 0 saturated heterocycles. The van der Waals surface area contributed by atoms with Gasteiger partial charge in [-0.25, -0.2) is 0 Å². The van der Waals surface area contributed by atoms with E-state index >= 15 is 0 Å². The Hall–Kier alpha value is -1.72. The number of ether oxygens (including phenoxy) is 1. The number of carboxylic acid groups (broad SMARTS) is 1. The maximum absolute atomic E-state index is 10.8. The number of aromatic carboxylic acids is 1. The molecule has 6 heteroatoms. The average molecular weight is 379 g/mol. The van der Waals surface area contributed by atoms with Crippen LogP contribution in [0.15, 0.2) is 65.1 Å². The summed E-state index contributed by atoms with van der Waals surface area (Å²) in [6.07, 6.45) is 1.17. The van der Waals surface area contributed by atoms with Gasteiger partial charge in [0.15, 0.2) is 0 Å². The number of halogens is 1. The van der Waals surface area contributed by atoms with Crippen LogP contribution in [0.25, 0.3) is 0 Å². The summed E-state index contributed by atoms with van der Waals surface area (Å²) in [6.45, 7) is 0.529. The molecule has 0 amide bonds. The van der Waals surface area contributed by atoms with Crippen molar-refractivity contribution in [3.63, 3.8) is 0 Å². The Balaban J connectivity index is 0.00000243. The van der Waals surface area contributed by atoms with Gasteiger partial charge in [0.2, 0.25) is 0 Å². The third-order valence-electron chi connectivity index (χ3n) is 3.74. The van der Waals surface area contributed by atoms with Crippen LogP contribution < -0.4 is 39.4 Å². The number of hydrogen-bond acceptors (Lipinski definition) is 4. The van der Waals surface area contributed by atoms with E-state index in [1.54, 1.807) is 18.2 Å². The fourth-order valence-electron chi connectivity index (χ4n) is 2.52. The average Bonchev–Trinajstić information content (AvgIpc) is 3.07. The second kappa shape index (κ2) is 9.83. The number of carbonyl (C=O) groups is 1. The molecule has 0 fully saturated rings. The van der Waals surface area contributed by atoms with Crippen molar-refractivity contribution >= 4 is 17.6 Å². The Kier molecular flexibility index (Phi) is 7.79. The molecule has 0 aliphatic rings. The SMILES string of the molecule is O=C([O-])c1ccc(Cc2cc(Cl)ccc2OCCc2ccccc2)o1.[Na+]. The van der Waals surface area contributed by atoms with Crippen molar-refractivity contribution in [3.05, 3.63) is 88.3 Å². The van der Waals surface area contributed by atoms with E-state index in [1.165, 1.54) is 11.6 Å². The number of rotatable bonds is 7. The largest absolute Gasteiger partial charge is 1.00 e. The summed E-state index contributed by atoms with van der Waals surface area (Å²) in [5.74, 6) is -0.318. The van der Waals surface area contributed by atoms with Crippen LogP contribution in [0.3, 0.4) is 0 Å². The van der Waals surface area contributed by atoms with Crippen molar-refractivity contribution in [2.45, 2.75) is 12.8 Å². The molecule has 26 heavy (non-hydrogen) atoms. The van der Waals surface area contributed by atoms with Gasteiger partial charge in [-0.3, -0.25) is 0 Å². The summed E-state index contributed by atoms with van der Waals surface area (Å²) in [5.41, 5.74) is 2.03. The molecule has 0 atom stereocenters. The molecule has 128 valence electrons. The Morgan fingerprint density at radius 1 is 1.08 bits per heavy atom. The third-order valence-corrected chi connectivity index (χ3v) is 3.98. The quantitative estimate of drug-likeness (QED) is 0.562. The first-order valence-electron chi connectivity index (χ1n) is 7.87. The number of carbonyl (C=O) groups excluding carboxylic acids is 1. The van der Waals surface area contributed by atoms with Crippen LogP contribution in [0.2, 0.25) is 5.02 Å². The molecule has 1 aromatic heterocycles. The van der Waals surface area contributed by atoms with E-state index in [2.05, 4.69) is 12.1 Å². The van der Waals surface area contributed by atoms with E-state index in [1.807, 2.05) is 24.3 Å². The second-order valence-electron chi connectivity index (χ2n) is 5.57. The predicted octanol–water partition coefficient (Wildman–Crippen LogP) is 0.513. The molecule has 0 saturated carbocycles. The first kappa shape index (κ1) is 20.6. The second-order valence-corrected chi connectivity index (χ2v) is 6.00. The summed E-state index contributed by atoms with van der Waals surface area (Å²) in [5, 5.41) is 11.4. The monoisotopic (exact) mass is 378 g/mol. The van der Waals surface area contributed by atoms with Crippen molar-refractivity contribution in [2.75, 3.05) is 6.61 Å². The fourth-order valence-corrected chi connectivity index (χ4v) is 2.72. The molecule has 2 aromatic carbocycles. The standard InChI is InChI=1S/C20H17ClO4.Na/c21-16-6-8-18(24-11-10-14-4-2-1-3-5-14)15(12-16)13-17-7-9-19(25-17)20(22)23;/h1-9,12H,10-11,13H2,(H,22,23);/q;+1/p-1. The van der Waals surface area contributed by atoms with Crippen LogP contribution in [0.4, 0.5) is 0 Å². The van der Waals surface area contributed by atoms with E-state index in [0.29, 0.717) is 29.6 Å². The molecule has 0 radical (unpaired) electrons. The van der Waals surface area contributed by atoms with E-state index in [-0.39, 0.29) is 35.3 Å². The smallest absolute Gasteiger partial charge is 0.542 e. The topological polar surface area (TPSA) is 62.5 Å². The Bertz CT molecular complexity index is 861. The zero-order chi connectivity index (χ0) is 17.6. The van der Waals surface area contributed by atoms with E-state index in [4.69, 9.17) is 20.8 Å². The van der Waals surface area contributed by atoms with Crippen molar-refractivity contribution in [2.24, 2.45) is 0 Å². The minimum Gasteiger partial charge on any atom is -0.542 e. The first-order chi connectivity index (χ1) is 12.1. The van der Waals surface area contributed by atoms with Gasteiger partial charge in [0, 0.05) is 23.4 Å². The Morgan fingerprint density at radius 2 is 1.85 bits per heavy atom. The van der Waals surface area contributed by atoms with Gasteiger partial charge in [-0.15, -0.1) is 0 Å². The molecule has 0 spiro atoms. The molecular weight excluding hydrogens is 363 g/mol. The van der Waals surface area contributed by atoms with Gasteiger partial charge in [-0.2, -0.15) is 0 Å². The van der Waals surface area contributed by atoms with Crippen molar-refractivity contribution in [1.82, 2.24) is 0 Å². The van der Waals surface area contributed by atoms with Gasteiger partial charge < -0.3 is 19.1 Å². The van der Waals surface area contributed by atoms with Crippen LogP contribution in [-0.2, 0) is 12.8 Å². The van der Waals surface area contributed by atoms with Gasteiger partial charge in [0.05, 0.1) is 6.61 Å². The predicted molar refractivity (Wildman–Crippen MR) is 92.9 cm³/mol. The summed E-state index contributed by atoms with van der Waals surface area (Å²) in [6, 6.07) is 18.4. The van der Waals surface area contributed by atoms with Crippen molar-refractivity contribution in [3.8, 4) is 5.75 Å². The van der Waals surface area contributed by atoms with Gasteiger partial charge in [-0.1, -0.05) is 41.9 Å². The molecule has 0 aliphatic heterocycles. The normalized spacial score (nSPS) is 10.2. The van der Waals surface area contributed by atoms with E-state index in [0.717, 1.165) is 12.0 Å². The number of furan rings is 1. The molecular formula is C20H16ClNaO4. The number of benzene rings is 2. The maximum Gasteiger partial charge on any atom is 1.00 e. The first-order valence-corrected chi connectivity index (χ1v) is 8.25. The summed E-state index contributed by atoms with van der Waals surface area (Å²) < 4.78 is 11.2. The maximum atomic E-state index is 10.8. The minimum atomic E-state index is -1.34. The van der Waals surface area contributed by atoms with Crippen LogP contribution in [0, 0.1) is 0 Å². The van der Waals surface area contributed by atoms with Crippen LogP contribution in [0.5, 0.6) is 5.75 Å². The van der Waals surface area contributed by atoms with Crippen LogP contribution >= 0.6 is 11.6 Å². The molecule has 3 rings (SSSR count). The van der Waals surface area contributed by atoms with Gasteiger partial charge in [0.1, 0.15) is 23.2 Å². The molecule has 0 aliphatic carbocycles. The van der Waals surface area contributed by atoms with Gasteiger partial charge >= 0.3 is 29.6 Å². The Labute approximate surface area is 179 Å². The van der Waals surface area contributed by atoms with E-state index in [9.17, 15) is 9.90 Å². The van der Waals surface area contributed by atoms with E-state index < -0.39 is 5.97 Å². The molecule has 0 bridgehead atoms. The number of carboxylic acids is 1. The molecule has 3 aromatic rings.